The van der Waals surface area contributed by atoms with Gasteiger partial charge in [-0.2, -0.15) is 0 Å². The lowest BCUT2D eigenvalue weighted by Crippen LogP contribution is -2.01. The molecule has 0 radical (unpaired) electrons. The number of hydrogen-bond acceptors (Lipinski definition) is 4. The molecule has 0 bridgehead atoms. The normalized spacial score (nSPS) is 10.7. The molecule has 4 nitrogen and oxygen atoms in total. The molecule has 1 aromatic carbocycles. The zero-order chi connectivity index (χ0) is 13.9. The van der Waals surface area contributed by atoms with Crippen LogP contribution in [0.15, 0.2) is 42.9 Å². The quantitative estimate of drug-likeness (QED) is 0.792. The third-order valence-corrected chi connectivity index (χ3v) is 3.01. The number of aromatic nitrogens is 3. The first-order chi connectivity index (χ1) is 9.78. The van der Waals surface area contributed by atoms with Gasteiger partial charge in [-0.3, -0.25) is 0 Å². The summed E-state index contributed by atoms with van der Waals surface area (Å²) in [6.45, 7) is 2.78. The molecule has 0 fully saturated rings. The molecule has 0 aliphatic carbocycles. The van der Waals surface area contributed by atoms with Crippen molar-refractivity contribution in [2.24, 2.45) is 0 Å². The minimum atomic E-state index is -0.251. The Hall–Kier alpha value is -2.56. The highest BCUT2D eigenvalue weighted by Gasteiger charge is 2.06. The number of halogens is 1. The number of benzene rings is 1. The molecule has 5 heteroatoms. The Morgan fingerprint density at radius 1 is 1.05 bits per heavy atom. The monoisotopic (exact) mass is 268 g/mol. The van der Waals surface area contributed by atoms with Gasteiger partial charge in [0, 0.05) is 18.3 Å². The number of anilines is 1. The van der Waals surface area contributed by atoms with Crippen LogP contribution >= 0.6 is 0 Å². The van der Waals surface area contributed by atoms with Crippen LogP contribution in [0.5, 0.6) is 0 Å². The fourth-order valence-corrected chi connectivity index (χ4v) is 2.05. The molecule has 0 spiro atoms. The summed E-state index contributed by atoms with van der Waals surface area (Å²) in [5.41, 5.74) is 2.46. The molecule has 0 amide bonds. The molecule has 0 saturated carbocycles. The molecule has 100 valence electrons. The second-order valence-corrected chi connectivity index (χ2v) is 4.35. The third-order valence-electron chi connectivity index (χ3n) is 3.01. The fourth-order valence-electron chi connectivity index (χ4n) is 2.05. The zero-order valence-electron chi connectivity index (χ0n) is 11.0. The third kappa shape index (κ3) is 2.30. The van der Waals surface area contributed by atoms with Gasteiger partial charge in [-0.25, -0.2) is 19.3 Å². The second-order valence-electron chi connectivity index (χ2n) is 4.35. The molecule has 0 unspecified atom stereocenters. The van der Waals surface area contributed by atoms with E-state index in [2.05, 4.69) is 20.3 Å². The van der Waals surface area contributed by atoms with Crippen LogP contribution in [0.2, 0.25) is 0 Å². The van der Waals surface area contributed by atoms with Crippen LogP contribution in [0.3, 0.4) is 0 Å². The number of pyridine rings is 1. The Kier molecular flexibility index (Phi) is 3.25. The van der Waals surface area contributed by atoms with E-state index in [-0.39, 0.29) is 5.82 Å². The highest BCUT2D eigenvalue weighted by atomic mass is 19.1. The maximum Gasteiger partial charge on any atom is 0.164 e. The number of hydrogen-bond donors (Lipinski definition) is 1. The van der Waals surface area contributed by atoms with Gasteiger partial charge in [-0.05, 0) is 30.7 Å². The van der Waals surface area contributed by atoms with Gasteiger partial charge in [-0.15, -0.1) is 0 Å². The van der Waals surface area contributed by atoms with Crippen LogP contribution in [0.25, 0.3) is 22.2 Å². The van der Waals surface area contributed by atoms with Crippen molar-refractivity contribution in [1.29, 1.82) is 0 Å². The SMILES string of the molecule is CCNc1ncnc2ncc(-c3ccc(F)cc3)cc12. The Morgan fingerprint density at radius 2 is 1.85 bits per heavy atom. The molecule has 0 aliphatic heterocycles. The van der Waals surface area contributed by atoms with Crippen LogP contribution in [0.4, 0.5) is 10.2 Å². The van der Waals surface area contributed by atoms with Gasteiger partial charge in [0.05, 0.1) is 5.39 Å². The van der Waals surface area contributed by atoms with Crippen LogP contribution in [-0.2, 0) is 0 Å². The Morgan fingerprint density at radius 3 is 2.60 bits per heavy atom. The summed E-state index contributed by atoms with van der Waals surface area (Å²) in [5, 5.41) is 4.04. The number of nitrogens with zero attached hydrogens (tertiary/aromatic N) is 3. The average molecular weight is 268 g/mol. The molecule has 0 saturated heterocycles. The molecule has 20 heavy (non-hydrogen) atoms. The smallest absolute Gasteiger partial charge is 0.164 e. The zero-order valence-corrected chi connectivity index (χ0v) is 11.0. The highest BCUT2D eigenvalue weighted by molar-refractivity contribution is 5.89. The Bertz CT molecular complexity index is 740. The van der Waals surface area contributed by atoms with E-state index in [0.717, 1.165) is 28.9 Å². The minimum Gasteiger partial charge on any atom is -0.370 e. The van der Waals surface area contributed by atoms with Gasteiger partial charge in [0.2, 0.25) is 0 Å². The van der Waals surface area contributed by atoms with Gasteiger partial charge in [0.15, 0.2) is 5.65 Å². The Balaban J connectivity index is 2.13. The first-order valence-corrected chi connectivity index (χ1v) is 6.38. The van der Waals surface area contributed by atoms with E-state index in [4.69, 9.17) is 0 Å². The summed E-state index contributed by atoms with van der Waals surface area (Å²) in [6.07, 6.45) is 3.23. The highest BCUT2D eigenvalue weighted by Crippen LogP contribution is 2.25. The lowest BCUT2D eigenvalue weighted by molar-refractivity contribution is 0.628. The topological polar surface area (TPSA) is 50.7 Å². The number of nitrogens with one attached hydrogen (secondary N) is 1. The van der Waals surface area contributed by atoms with Crippen molar-refractivity contribution in [2.45, 2.75) is 6.92 Å². The van der Waals surface area contributed by atoms with Gasteiger partial charge >= 0.3 is 0 Å². The summed E-state index contributed by atoms with van der Waals surface area (Å²) in [4.78, 5) is 12.7. The lowest BCUT2D eigenvalue weighted by Gasteiger charge is -2.07. The molecule has 3 aromatic rings. The van der Waals surface area contributed by atoms with E-state index >= 15 is 0 Å². The summed E-state index contributed by atoms with van der Waals surface area (Å²) >= 11 is 0. The van der Waals surface area contributed by atoms with Crippen molar-refractivity contribution in [3.63, 3.8) is 0 Å². The maximum absolute atomic E-state index is 13.0. The van der Waals surface area contributed by atoms with Crippen molar-refractivity contribution in [3.8, 4) is 11.1 Å². The van der Waals surface area contributed by atoms with Crippen LogP contribution in [0.1, 0.15) is 6.92 Å². The fraction of sp³-hybridized carbons (Fsp3) is 0.133. The Labute approximate surface area is 115 Å². The van der Waals surface area contributed by atoms with Gasteiger partial charge in [0.25, 0.3) is 0 Å². The summed E-state index contributed by atoms with van der Waals surface area (Å²) < 4.78 is 13.0. The largest absolute Gasteiger partial charge is 0.370 e. The molecular formula is C15H13FN4. The van der Waals surface area contributed by atoms with Crippen molar-refractivity contribution in [3.05, 3.63) is 48.7 Å². The van der Waals surface area contributed by atoms with Gasteiger partial charge in [0.1, 0.15) is 18.0 Å². The van der Waals surface area contributed by atoms with E-state index in [1.807, 2.05) is 13.0 Å². The molecular weight excluding hydrogens is 255 g/mol. The van der Waals surface area contributed by atoms with E-state index in [1.165, 1.54) is 18.5 Å². The summed E-state index contributed by atoms with van der Waals surface area (Å²) in [6, 6.07) is 8.30. The first kappa shape index (κ1) is 12.5. The molecule has 1 N–H and O–H groups in total. The van der Waals surface area contributed by atoms with Crippen LogP contribution < -0.4 is 5.32 Å². The van der Waals surface area contributed by atoms with Gasteiger partial charge < -0.3 is 5.32 Å². The van der Waals surface area contributed by atoms with Crippen molar-refractivity contribution in [2.75, 3.05) is 11.9 Å². The maximum atomic E-state index is 13.0. The first-order valence-electron chi connectivity index (χ1n) is 6.38. The summed E-state index contributed by atoms with van der Waals surface area (Å²) in [5.74, 6) is 0.508. The number of fused-ring (bicyclic) bond motifs is 1. The van der Waals surface area contributed by atoms with Crippen molar-refractivity contribution in [1.82, 2.24) is 15.0 Å². The van der Waals surface area contributed by atoms with Crippen molar-refractivity contribution < 1.29 is 4.39 Å². The predicted molar refractivity (Wildman–Crippen MR) is 76.9 cm³/mol. The molecule has 2 heterocycles. The van der Waals surface area contributed by atoms with Crippen LogP contribution in [-0.4, -0.2) is 21.5 Å². The molecule has 2 aromatic heterocycles. The lowest BCUT2D eigenvalue weighted by atomic mass is 10.1. The van der Waals surface area contributed by atoms with Crippen LogP contribution in [0, 0.1) is 5.82 Å². The van der Waals surface area contributed by atoms with E-state index in [1.54, 1.807) is 18.3 Å². The standard InChI is InChI=1S/C15H13FN4/c1-2-17-14-13-7-11(8-18-15(13)20-9-19-14)10-3-5-12(16)6-4-10/h3-9H,2H2,1H3,(H,17,18,19,20). The molecule has 0 atom stereocenters. The van der Waals surface area contributed by atoms with Crippen molar-refractivity contribution >= 4 is 16.9 Å². The molecule has 0 aliphatic rings. The van der Waals surface area contributed by atoms with E-state index in [0.29, 0.717) is 5.65 Å². The average Bonchev–Trinajstić information content (AvgIpc) is 2.48. The second kappa shape index (κ2) is 5.21. The molecule has 3 rings (SSSR count). The van der Waals surface area contributed by atoms with E-state index < -0.39 is 0 Å². The van der Waals surface area contributed by atoms with Gasteiger partial charge in [-0.1, -0.05) is 12.1 Å². The van der Waals surface area contributed by atoms with E-state index in [9.17, 15) is 4.39 Å². The predicted octanol–water partition coefficient (Wildman–Crippen LogP) is 3.26. The minimum absolute atomic E-state index is 0.251. The number of rotatable bonds is 3. The summed E-state index contributed by atoms with van der Waals surface area (Å²) in [7, 11) is 0.